The number of fused-ring (bicyclic) bond motifs is 1. The van der Waals surface area contributed by atoms with Crippen LogP contribution in [0, 0.1) is 5.82 Å². The largest absolute Gasteiger partial charge is 0.480 e. The van der Waals surface area contributed by atoms with Gasteiger partial charge in [-0.25, -0.2) is 9.37 Å². The minimum atomic E-state index is -0.926. The van der Waals surface area contributed by atoms with Gasteiger partial charge in [0.1, 0.15) is 17.7 Å². The van der Waals surface area contributed by atoms with Gasteiger partial charge in [0.15, 0.2) is 0 Å². The first-order valence-corrected chi connectivity index (χ1v) is 13.3. The Hall–Kier alpha value is -2.55. The number of hydrogen-bond acceptors (Lipinski definition) is 6. The minimum absolute atomic E-state index is 0.0341. The smallest absolute Gasteiger partial charge is 0.325 e. The number of nitrogens with zero attached hydrogens (tertiary/aromatic N) is 2. The number of carboxylic acids is 1. The second-order valence-electron chi connectivity index (χ2n) is 10.1. The number of aliphatic carboxylic acids is 1. The van der Waals surface area contributed by atoms with Gasteiger partial charge in [0.25, 0.3) is 0 Å². The fraction of sp³-hybridized carbons (Fsp3) is 0.571. The Balaban J connectivity index is 1.05. The molecule has 0 aliphatic carbocycles. The number of anilines is 1. The molecule has 3 aliphatic heterocycles. The number of hydrogen-bond donors (Lipinski definition) is 2. The van der Waals surface area contributed by atoms with Gasteiger partial charge in [0.05, 0.1) is 12.2 Å². The summed E-state index contributed by atoms with van der Waals surface area (Å²) in [6.07, 6.45) is 7.86. The Morgan fingerprint density at radius 1 is 1.22 bits per heavy atom. The Bertz CT molecular complexity index is 1050. The fourth-order valence-corrected chi connectivity index (χ4v) is 5.51. The van der Waals surface area contributed by atoms with Crippen molar-refractivity contribution >= 4 is 11.8 Å². The van der Waals surface area contributed by atoms with Crippen molar-refractivity contribution < 1.29 is 23.8 Å². The highest BCUT2D eigenvalue weighted by Crippen LogP contribution is 2.37. The van der Waals surface area contributed by atoms with Crippen LogP contribution in [0.15, 0.2) is 30.3 Å². The zero-order chi connectivity index (χ0) is 24.9. The Morgan fingerprint density at radius 3 is 2.92 bits per heavy atom. The summed E-state index contributed by atoms with van der Waals surface area (Å²) in [6.45, 7) is 3.43. The van der Waals surface area contributed by atoms with E-state index < -0.39 is 12.0 Å². The number of likely N-dealkylation sites (tertiary alicyclic amines) is 1. The van der Waals surface area contributed by atoms with Crippen molar-refractivity contribution in [3.63, 3.8) is 0 Å². The summed E-state index contributed by atoms with van der Waals surface area (Å²) in [5.74, 6) is -0.234. The average molecular weight is 498 g/mol. The van der Waals surface area contributed by atoms with E-state index in [0.717, 1.165) is 63.0 Å². The Labute approximate surface area is 212 Å². The van der Waals surface area contributed by atoms with Crippen LogP contribution >= 0.6 is 0 Å². The van der Waals surface area contributed by atoms with Gasteiger partial charge in [-0.3, -0.25) is 9.69 Å². The SMILES string of the molecule is O=C(O)C(c1ccc(F)cc1C1CCCO1)N1CC(OCCCCCc2ccc3c(n2)NCCC3)C1. The summed E-state index contributed by atoms with van der Waals surface area (Å²) in [5, 5.41) is 13.4. The molecule has 194 valence electrons. The van der Waals surface area contributed by atoms with Crippen LogP contribution in [-0.4, -0.2) is 59.9 Å². The number of nitrogens with one attached hydrogen (secondary N) is 1. The van der Waals surface area contributed by atoms with Crippen molar-refractivity contribution in [2.45, 2.75) is 69.6 Å². The van der Waals surface area contributed by atoms with Crippen molar-refractivity contribution in [2.24, 2.45) is 0 Å². The predicted octanol–water partition coefficient (Wildman–Crippen LogP) is 4.67. The van der Waals surface area contributed by atoms with Crippen LogP contribution in [0.2, 0.25) is 0 Å². The molecular weight excluding hydrogens is 461 g/mol. The van der Waals surface area contributed by atoms with Gasteiger partial charge in [0, 0.05) is 38.5 Å². The van der Waals surface area contributed by atoms with Gasteiger partial charge in [-0.05, 0) is 79.8 Å². The third-order valence-corrected chi connectivity index (χ3v) is 7.48. The quantitative estimate of drug-likeness (QED) is 0.437. The highest BCUT2D eigenvalue weighted by atomic mass is 19.1. The molecule has 2 saturated heterocycles. The summed E-state index contributed by atoms with van der Waals surface area (Å²) in [4.78, 5) is 18.8. The van der Waals surface area contributed by atoms with E-state index in [0.29, 0.717) is 37.4 Å². The molecule has 2 fully saturated rings. The Kier molecular flexibility index (Phi) is 8.14. The second-order valence-corrected chi connectivity index (χ2v) is 10.1. The van der Waals surface area contributed by atoms with Crippen LogP contribution in [0.5, 0.6) is 0 Å². The summed E-state index contributed by atoms with van der Waals surface area (Å²) in [6, 6.07) is 7.92. The van der Waals surface area contributed by atoms with Crippen molar-refractivity contribution in [3.8, 4) is 0 Å². The molecule has 0 spiro atoms. The molecule has 2 N–H and O–H groups in total. The number of unbranched alkanes of at least 4 members (excludes halogenated alkanes) is 2. The van der Waals surface area contributed by atoms with E-state index in [1.807, 2.05) is 4.90 Å². The van der Waals surface area contributed by atoms with Crippen LogP contribution in [0.25, 0.3) is 0 Å². The number of carbonyl (C=O) groups is 1. The van der Waals surface area contributed by atoms with E-state index >= 15 is 0 Å². The van der Waals surface area contributed by atoms with Crippen LogP contribution in [-0.2, 0) is 27.1 Å². The maximum atomic E-state index is 14.0. The summed E-state index contributed by atoms with van der Waals surface area (Å²) in [7, 11) is 0. The number of halogens is 1. The highest BCUT2D eigenvalue weighted by molar-refractivity contribution is 5.76. The molecular formula is C28H36FN3O4. The van der Waals surface area contributed by atoms with E-state index in [-0.39, 0.29) is 18.0 Å². The molecule has 2 aromatic rings. The molecule has 0 amide bonds. The van der Waals surface area contributed by atoms with Crippen LogP contribution in [0.3, 0.4) is 0 Å². The lowest BCUT2D eigenvalue weighted by atomic mass is 9.92. The van der Waals surface area contributed by atoms with E-state index in [9.17, 15) is 14.3 Å². The highest BCUT2D eigenvalue weighted by Gasteiger charge is 2.39. The summed E-state index contributed by atoms with van der Waals surface area (Å²) in [5.41, 5.74) is 3.75. The molecule has 5 rings (SSSR count). The predicted molar refractivity (Wildman–Crippen MR) is 135 cm³/mol. The molecule has 0 radical (unpaired) electrons. The maximum absolute atomic E-state index is 14.0. The van der Waals surface area contributed by atoms with Gasteiger partial charge in [-0.15, -0.1) is 0 Å². The van der Waals surface area contributed by atoms with E-state index in [2.05, 4.69) is 17.4 Å². The van der Waals surface area contributed by atoms with Gasteiger partial charge in [0.2, 0.25) is 0 Å². The second kappa shape index (κ2) is 11.7. The Morgan fingerprint density at radius 2 is 2.11 bits per heavy atom. The number of benzene rings is 1. The zero-order valence-corrected chi connectivity index (χ0v) is 20.8. The maximum Gasteiger partial charge on any atom is 0.325 e. The topological polar surface area (TPSA) is 83.9 Å². The number of pyridine rings is 1. The molecule has 2 unspecified atom stereocenters. The molecule has 3 aliphatic rings. The van der Waals surface area contributed by atoms with Gasteiger partial charge >= 0.3 is 5.97 Å². The lowest BCUT2D eigenvalue weighted by Crippen LogP contribution is -2.55. The molecule has 36 heavy (non-hydrogen) atoms. The first-order chi connectivity index (χ1) is 17.6. The zero-order valence-electron chi connectivity index (χ0n) is 20.8. The third-order valence-electron chi connectivity index (χ3n) is 7.48. The van der Waals surface area contributed by atoms with Gasteiger partial charge in [-0.1, -0.05) is 18.6 Å². The summed E-state index contributed by atoms with van der Waals surface area (Å²) >= 11 is 0. The standard InChI is InChI=1S/C28H36FN3O4/c29-20-10-12-23(24(16-20)25-8-5-15-36-25)26(28(33)34)32-17-22(18-32)35-14-3-1-2-7-21-11-9-19-6-4-13-30-27(19)31-21/h9-12,16,22,25-26H,1-8,13-15,17-18H2,(H,30,31)(H,33,34). The van der Waals surface area contributed by atoms with Crippen molar-refractivity contribution in [2.75, 3.05) is 38.2 Å². The first-order valence-electron chi connectivity index (χ1n) is 13.3. The van der Waals surface area contributed by atoms with Crippen LogP contribution in [0.1, 0.15) is 73.1 Å². The monoisotopic (exact) mass is 497 g/mol. The number of ether oxygens (including phenoxy) is 2. The van der Waals surface area contributed by atoms with Crippen LogP contribution < -0.4 is 5.32 Å². The van der Waals surface area contributed by atoms with Crippen molar-refractivity contribution in [1.82, 2.24) is 9.88 Å². The number of aryl methyl sites for hydroxylation is 2. The molecule has 4 heterocycles. The molecule has 0 saturated carbocycles. The van der Waals surface area contributed by atoms with Crippen molar-refractivity contribution in [3.05, 3.63) is 58.5 Å². The molecule has 2 atom stereocenters. The van der Waals surface area contributed by atoms with Crippen LogP contribution in [0.4, 0.5) is 10.2 Å². The normalized spacial score (nSPS) is 21.0. The number of carboxylic acid groups (broad SMARTS) is 1. The minimum Gasteiger partial charge on any atom is -0.480 e. The summed E-state index contributed by atoms with van der Waals surface area (Å²) < 4.78 is 25.7. The molecule has 1 aromatic carbocycles. The van der Waals surface area contributed by atoms with E-state index in [4.69, 9.17) is 14.5 Å². The first kappa shape index (κ1) is 25.1. The molecule has 7 nitrogen and oxygen atoms in total. The third kappa shape index (κ3) is 5.88. The van der Waals surface area contributed by atoms with E-state index in [1.54, 1.807) is 6.07 Å². The number of rotatable bonds is 11. The molecule has 1 aromatic heterocycles. The van der Waals surface area contributed by atoms with E-state index in [1.165, 1.54) is 24.1 Å². The average Bonchev–Trinajstić information content (AvgIpc) is 3.39. The fourth-order valence-electron chi connectivity index (χ4n) is 5.51. The van der Waals surface area contributed by atoms with Gasteiger partial charge < -0.3 is 19.9 Å². The number of aromatic nitrogens is 1. The van der Waals surface area contributed by atoms with Crippen molar-refractivity contribution in [1.29, 1.82) is 0 Å². The lowest BCUT2D eigenvalue weighted by Gasteiger charge is -2.43. The lowest BCUT2D eigenvalue weighted by molar-refractivity contribution is -0.151. The molecule has 0 bridgehead atoms. The van der Waals surface area contributed by atoms with Gasteiger partial charge in [-0.2, -0.15) is 0 Å². The molecule has 8 heteroatoms.